The van der Waals surface area contributed by atoms with Gasteiger partial charge in [0.1, 0.15) is 0 Å². The summed E-state index contributed by atoms with van der Waals surface area (Å²) >= 11 is 0. The lowest BCUT2D eigenvalue weighted by atomic mass is 10.0. The number of aliphatic hydroxyl groups excluding tert-OH is 1. The van der Waals surface area contributed by atoms with E-state index in [1.54, 1.807) is 0 Å². The highest BCUT2D eigenvalue weighted by Crippen LogP contribution is 2.20. The Morgan fingerprint density at radius 2 is 1.73 bits per heavy atom. The van der Waals surface area contributed by atoms with E-state index in [4.69, 9.17) is 0 Å². The molecular formula is C22H30N2O2. The summed E-state index contributed by atoms with van der Waals surface area (Å²) in [6.07, 6.45) is 5.54. The van der Waals surface area contributed by atoms with E-state index in [1.807, 2.05) is 17.0 Å². The summed E-state index contributed by atoms with van der Waals surface area (Å²) in [5, 5.41) is 11.6. The number of benzene rings is 2. The summed E-state index contributed by atoms with van der Waals surface area (Å²) in [5.74, 6) is 0.174. The number of carbonyl (C=O) groups is 1. The van der Waals surface area contributed by atoms with Gasteiger partial charge < -0.3 is 10.0 Å². The molecule has 26 heavy (non-hydrogen) atoms. The number of nitrogens with zero attached hydrogens (tertiary/aromatic N) is 2. The first-order valence-electron chi connectivity index (χ1n) is 9.85. The Morgan fingerprint density at radius 1 is 1.00 bits per heavy atom. The molecule has 3 rings (SSSR count). The van der Waals surface area contributed by atoms with E-state index in [0.717, 1.165) is 13.1 Å². The van der Waals surface area contributed by atoms with Gasteiger partial charge in [-0.1, -0.05) is 55.3 Å². The third-order valence-electron chi connectivity index (χ3n) is 5.24. The lowest BCUT2D eigenvalue weighted by Gasteiger charge is -2.27. The van der Waals surface area contributed by atoms with Gasteiger partial charge >= 0.3 is 0 Å². The van der Waals surface area contributed by atoms with Gasteiger partial charge in [-0.15, -0.1) is 0 Å². The number of carbonyl (C=O) groups excluding carboxylic acids is 1. The molecule has 0 bridgehead atoms. The van der Waals surface area contributed by atoms with Gasteiger partial charge in [-0.3, -0.25) is 9.69 Å². The molecule has 0 aromatic heterocycles. The number of hydrogen-bond acceptors (Lipinski definition) is 3. The molecule has 4 nitrogen and oxygen atoms in total. The van der Waals surface area contributed by atoms with Crippen molar-refractivity contribution in [2.75, 3.05) is 32.8 Å². The molecule has 0 atom stereocenters. The van der Waals surface area contributed by atoms with Crippen LogP contribution in [0.3, 0.4) is 0 Å². The molecule has 1 heterocycles. The Kier molecular flexibility index (Phi) is 7.04. The highest BCUT2D eigenvalue weighted by molar-refractivity contribution is 5.86. The van der Waals surface area contributed by atoms with Crippen molar-refractivity contribution in [3.05, 3.63) is 48.0 Å². The SMILES string of the molecule is O=C(CN1CCCCCC1)N(CCCO)Cc1cccc2ccccc12. The summed E-state index contributed by atoms with van der Waals surface area (Å²) < 4.78 is 0. The maximum Gasteiger partial charge on any atom is 0.237 e. The van der Waals surface area contributed by atoms with Gasteiger partial charge in [0.2, 0.25) is 5.91 Å². The van der Waals surface area contributed by atoms with Crippen LogP contribution in [0.25, 0.3) is 10.8 Å². The summed E-state index contributed by atoms with van der Waals surface area (Å²) in [6, 6.07) is 14.6. The zero-order valence-corrected chi connectivity index (χ0v) is 15.6. The second-order valence-corrected chi connectivity index (χ2v) is 7.22. The number of rotatable bonds is 7. The molecule has 4 heteroatoms. The predicted octanol–water partition coefficient (Wildman–Crippen LogP) is 3.43. The van der Waals surface area contributed by atoms with Crippen molar-refractivity contribution in [2.45, 2.75) is 38.6 Å². The van der Waals surface area contributed by atoms with Gasteiger partial charge in [0, 0.05) is 19.7 Å². The van der Waals surface area contributed by atoms with E-state index in [2.05, 4.69) is 35.2 Å². The zero-order chi connectivity index (χ0) is 18.2. The fourth-order valence-corrected chi connectivity index (χ4v) is 3.78. The van der Waals surface area contributed by atoms with Gasteiger partial charge in [-0.25, -0.2) is 0 Å². The average Bonchev–Trinajstić information content (AvgIpc) is 2.94. The molecule has 0 spiro atoms. The number of hydrogen-bond donors (Lipinski definition) is 1. The largest absolute Gasteiger partial charge is 0.396 e. The van der Waals surface area contributed by atoms with Crippen LogP contribution in [0.5, 0.6) is 0 Å². The van der Waals surface area contributed by atoms with Gasteiger partial charge in [-0.2, -0.15) is 0 Å². The Bertz CT molecular complexity index is 703. The van der Waals surface area contributed by atoms with Crippen LogP contribution in [0.1, 0.15) is 37.7 Å². The third-order valence-corrected chi connectivity index (χ3v) is 5.24. The highest BCUT2D eigenvalue weighted by atomic mass is 16.3. The first kappa shape index (κ1) is 18.9. The number of fused-ring (bicyclic) bond motifs is 1. The number of aliphatic hydroxyl groups is 1. The van der Waals surface area contributed by atoms with Crippen molar-refractivity contribution in [3.63, 3.8) is 0 Å². The number of amides is 1. The van der Waals surface area contributed by atoms with Crippen LogP contribution in [0.15, 0.2) is 42.5 Å². The number of likely N-dealkylation sites (tertiary alicyclic amines) is 1. The molecular weight excluding hydrogens is 324 g/mol. The minimum Gasteiger partial charge on any atom is -0.396 e. The summed E-state index contributed by atoms with van der Waals surface area (Å²) in [5.41, 5.74) is 1.17. The van der Waals surface area contributed by atoms with E-state index in [1.165, 1.54) is 42.0 Å². The Hall–Kier alpha value is -1.91. The van der Waals surface area contributed by atoms with E-state index >= 15 is 0 Å². The maximum atomic E-state index is 13.0. The van der Waals surface area contributed by atoms with E-state index < -0.39 is 0 Å². The normalized spacial score (nSPS) is 15.7. The van der Waals surface area contributed by atoms with Crippen molar-refractivity contribution in [2.24, 2.45) is 0 Å². The smallest absolute Gasteiger partial charge is 0.237 e. The van der Waals surface area contributed by atoms with E-state index in [0.29, 0.717) is 26.1 Å². The van der Waals surface area contributed by atoms with Crippen LogP contribution < -0.4 is 0 Å². The molecule has 2 aromatic carbocycles. The molecule has 140 valence electrons. The first-order chi connectivity index (χ1) is 12.8. The van der Waals surface area contributed by atoms with Crippen molar-refractivity contribution in [1.82, 2.24) is 9.80 Å². The quantitative estimate of drug-likeness (QED) is 0.828. The second kappa shape index (κ2) is 9.70. The van der Waals surface area contributed by atoms with Crippen LogP contribution in [-0.2, 0) is 11.3 Å². The molecule has 1 aliphatic heterocycles. The van der Waals surface area contributed by atoms with Crippen molar-refractivity contribution < 1.29 is 9.90 Å². The maximum absolute atomic E-state index is 13.0. The summed E-state index contributed by atoms with van der Waals surface area (Å²) in [6.45, 7) is 3.86. The molecule has 0 unspecified atom stereocenters. The lowest BCUT2D eigenvalue weighted by Crippen LogP contribution is -2.41. The molecule has 0 radical (unpaired) electrons. The Labute approximate surface area is 156 Å². The highest BCUT2D eigenvalue weighted by Gasteiger charge is 2.19. The first-order valence-corrected chi connectivity index (χ1v) is 9.85. The Morgan fingerprint density at radius 3 is 2.50 bits per heavy atom. The fourth-order valence-electron chi connectivity index (χ4n) is 3.78. The standard InChI is InChI=1S/C22H30N2O2/c25-16-8-15-24(22(26)18-23-13-5-1-2-6-14-23)17-20-11-7-10-19-9-3-4-12-21(19)20/h3-4,7,9-12,25H,1-2,5-6,8,13-18H2. The minimum atomic E-state index is 0.114. The van der Waals surface area contributed by atoms with Crippen molar-refractivity contribution in [1.29, 1.82) is 0 Å². The predicted molar refractivity (Wildman–Crippen MR) is 106 cm³/mol. The molecule has 1 N–H and O–H groups in total. The van der Waals surface area contributed by atoms with Gasteiger partial charge in [0.25, 0.3) is 0 Å². The van der Waals surface area contributed by atoms with Crippen molar-refractivity contribution >= 4 is 16.7 Å². The van der Waals surface area contributed by atoms with Gasteiger partial charge in [0.15, 0.2) is 0 Å². The summed E-state index contributed by atoms with van der Waals surface area (Å²) in [4.78, 5) is 17.2. The van der Waals surface area contributed by atoms with Gasteiger partial charge in [-0.05, 0) is 48.7 Å². The average molecular weight is 354 g/mol. The van der Waals surface area contributed by atoms with Crippen LogP contribution in [-0.4, -0.2) is 53.6 Å². The molecule has 1 aliphatic rings. The zero-order valence-electron chi connectivity index (χ0n) is 15.6. The van der Waals surface area contributed by atoms with E-state index in [9.17, 15) is 9.90 Å². The summed E-state index contributed by atoms with van der Waals surface area (Å²) in [7, 11) is 0. The van der Waals surface area contributed by atoms with Crippen molar-refractivity contribution in [3.8, 4) is 0 Å². The fraction of sp³-hybridized carbons (Fsp3) is 0.500. The Balaban J connectivity index is 1.73. The molecule has 1 fully saturated rings. The molecule has 1 amide bonds. The molecule has 2 aromatic rings. The van der Waals surface area contributed by atoms with Crippen LogP contribution in [0.2, 0.25) is 0 Å². The molecule has 0 saturated carbocycles. The van der Waals surface area contributed by atoms with Crippen LogP contribution in [0.4, 0.5) is 0 Å². The second-order valence-electron chi connectivity index (χ2n) is 7.22. The van der Waals surface area contributed by atoms with Gasteiger partial charge in [0.05, 0.1) is 6.54 Å². The van der Waals surface area contributed by atoms with Crippen LogP contribution in [0, 0.1) is 0 Å². The van der Waals surface area contributed by atoms with Crippen LogP contribution >= 0.6 is 0 Å². The molecule has 0 aliphatic carbocycles. The minimum absolute atomic E-state index is 0.114. The van der Waals surface area contributed by atoms with E-state index in [-0.39, 0.29) is 12.5 Å². The third kappa shape index (κ3) is 5.05. The lowest BCUT2D eigenvalue weighted by molar-refractivity contribution is -0.133. The monoisotopic (exact) mass is 354 g/mol. The topological polar surface area (TPSA) is 43.8 Å². The molecule has 1 saturated heterocycles.